The number of ether oxygens (including phenoxy) is 2. The van der Waals surface area contributed by atoms with Gasteiger partial charge in [0, 0.05) is 27.4 Å². The number of carbonyl (C=O) groups excluding carboxylic acids is 1. The highest BCUT2D eigenvalue weighted by Gasteiger charge is 2.24. The Hall–Kier alpha value is -3.56. The molecule has 1 aliphatic carbocycles. The molecule has 0 saturated heterocycles. The average Bonchev–Trinajstić information content (AvgIpc) is 3.55. The summed E-state index contributed by atoms with van der Waals surface area (Å²) in [6.07, 6.45) is 8.18. The Bertz CT molecular complexity index is 1640. The van der Waals surface area contributed by atoms with Crippen LogP contribution in [0.2, 0.25) is 5.02 Å². The predicted molar refractivity (Wildman–Crippen MR) is 168 cm³/mol. The number of carbonyl (C=O) groups is 2. The van der Waals surface area contributed by atoms with Crippen molar-refractivity contribution in [3.05, 3.63) is 57.1 Å². The normalized spacial score (nSPS) is 13.8. The van der Waals surface area contributed by atoms with Crippen LogP contribution in [-0.4, -0.2) is 40.8 Å². The van der Waals surface area contributed by atoms with Crippen molar-refractivity contribution in [3.63, 3.8) is 0 Å². The van der Waals surface area contributed by atoms with Gasteiger partial charge >= 0.3 is 5.97 Å². The Morgan fingerprint density at radius 2 is 1.83 bits per heavy atom. The van der Waals surface area contributed by atoms with E-state index in [1.807, 2.05) is 32.0 Å². The lowest BCUT2D eigenvalue weighted by Gasteiger charge is -2.21. The molecule has 222 valence electrons. The van der Waals surface area contributed by atoms with Crippen LogP contribution in [0.4, 0.5) is 5.13 Å². The van der Waals surface area contributed by atoms with Crippen molar-refractivity contribution in [3.8, 4) is 22.8 Å². The van der Waals surface area contributed by atoms with Crippen molar-refractivity contribution in [1.82, 2.24) is 9.55 Å². The summed E-state index contributed by atoms with van der Waals surface area (Å²) >= 11 is 7.83. The average molecular weight is 610 g/mol. The summed E-state index contributed by atoms with van der Waals surface area (Å²) in [7, 11) is 3.15. The molecular formula is C32H36ClN3O5S. The summed E-state index contributed by atoms with van der Waals surface area (Å²) in [5.74, 6) is 0.310. The number of hydrogen-bond acceptors (Lipinski definition) is 6. The van der Waals surface area contributed by atoms with Crippen LogP contribution in [0.25, 0.3) is 22.2 Å². The first-order valence-electron chi connectivity index (χ1n) is 14.2. The van der Waals surface area contributed by atoms with Crippen molar-refractivity contribution >= 4 is 50.8 Å². The second-order valence-corrected chi connectivity index (χ2v) is 12.4. The SMILES string of the molecule is COc1cc(-c2nc(NC(=O)c3cc4c(C)c(C)ccc4n3CC(=O)O)sc2CCC2CCCCC2)c(OC)cc1Cl. The Kier molecular flexibility index (Phi) is 9.08. The van der Waals surface area contributed by atoms with Gasteiger partial charge in [-0.25, -0.2) is 4.98 Å². The highest BCUT2D eigenvalue weighted by atomic mass is 35.5. The Balaban J connectivity index is 1.53. The monoisotopic (exact) mass is 609 g/mol. The third-order valence-corrected chi connectivity index (χ3v) is 9.63. The lowest BCUT2D eigenvalue weighted by atomic mass is 9.86. The maximum atomic E-state index is 13.7. The number of carboxylic acids is 1. The van der Waals surface area contributed by atoms with Crippen LogP contribution in [-0.2, 0) is 17.8 Å². The molecule has 0 aliphatic heterocycles. The number of aryl methyl sites for hydroxylation is 3. The molecule has 0 unspecified atom stereocenters. The summed E-state index contributed by atoms with van der Waals surface area (Å²) in [5.41, 5.74) is 4.51. The van der Waals surface area contributed by atoms with Gasteiger partial charge < -0.3 is 19.1 Å². The molecule has 0 spiro atoms. The maximum absolute atomic E-state index is 13.7. The number of rotatable bonds is 10. The number of methoxy groups -OCH3 is 2. The van der Waals surface area contributed by atoms with Gasteiger partial charge in [0.1, 0.15) is 23.7 Å². The summed E-state index contributed by atoms with van der Waals surface area (Å²) in [6, 6.07) is 9.11. The van der Waals surface area contributed by atoms with Gasteiger partial charge in [0.05, 0.1) is 24.9 Å². The molecule has 1 saturated carbocycles. The molecule has 42 heavy (non-hydrogen) atoms. The number of aliphatic carboxylic acids is 1. The van der Waals surface area contributed by atoms with E-state index in [-0.39, 0.29) is 12.2 Å². The van der Waals surface area contributed by atoms with Crippen molar-refractivity contribution in [2.45, 2.75) is 65.3 Å². The van der Waals surface area contributed by atoms with E-state index in [4.69, 9.17) is 26.1 Å². The van der Waals surface area contributed by atoms with E-state index >= 15 is 0 Å². The number of carboxylic acid groups (broad SMARTS) is 1. The fourth-order valence-electron chi connectivity index (χ4n) is 5.88. The van der Waals surface area contributed by atoms with Gasteiger partial charge in [-0.1, -0.05) is 49.8 Å². The van der Waals surface area contributed by atoms with Crippen LogP contribution in [0.15, 0.2) is 30.3 Å². The molecule has 4 aromatic rings. The summed E-state index contributed by atoms with van der Waals surface area (Å²) in [6.45, 7) is 3.64. The number of halogens is 1. The molecule has 2 aromatic heterocycles. The zero-order valence-electron chi connectivity index (χ0n) is 24.4. The molecule has 1 fully saturated rings. The molecular weight excluding hydrogens is 574 g/mol. The largest absolute Gasteiger partial charge is 0.496 e. The van der Waals surface area contributed by atoms with Crippen molar-refractivity contribution in [2.75, 3.05) is 19.5 Å². The van der Waals surface area contributed by atoms with Gasteiger partial charge in [0.2, 0.25) is 0 Å². The molecule has 10 heteroatoms. The van der Waals surface area contributed by atoms with E-state index in [1.165, 1.54) is 43.4 Å². The van der Waals surface area contributed by atoms with E-state index in [0.29, 0.717) is 33.1 Å². The zero-order chi connectivity index (χ0) is 30.0. The smallest absolute Gasteiger partial charge is 0.323 e. The summed E-state index contributed by atoms with van der Waals surface area (Å²) < 4.78 is 12.7. The quantitative estimate of drug-likeness (QED) is 0.189. The van der Waals surface area contributed by atoms with Crippen LogP contribution >= 0.6 is 22.9 Å². The topological polar surface area (TPSA) is 103 Å². The second-order valence-electron chi connectivity index (χ2n) is 10.9. The van der Waals surface area contributed by atoms with Gasteiger partial charge in [-0.2, -0.15) is 0 Å². The highest BCUT2D eigenvalue weighted by molar-refractivity contribution is 7.16. The number of fused-ring (bicyclic) bond motifs is 1. The lowest BCUT2D eigenvalue weighted by molar-refractivity contribution is -0.137. The number of anilines is 1. The number of nitrogens with zero attached hydrogens (tertiary/aromatic N) is 2. The number of hydrogen-bond donors (Lipinski definition) is 2. The fourth-order valence-corrected chi connectivity index (χ4v) is 7.10. The molecule has 2 N–H and O–H groups in total. The van der Waals surface area contributed by atoms with Crippen LogP contribution in [0, 0.1) is 19.8 Å². The number of benzene rings is 2. The fraction of sp³-hybridized carbons (Fsp3) is 0.406. The first-order chi connectivity index (χ1) is 20.2. The van der Waals surface area contributed by atoms with Crippen LogP contribution in [0.1, 0.15) is 65.0 Å². The summed E-state index contributed by atoms with van der Waals surface area (Å²) in [5, 5.41) is 14.3. The number of thiazole rings is 1. The molecule has 0 atom stereocenters. The van der Waals surface area contributed by atoms with E-state index in [1.54, 1.807) is 30.9 Å². The minimum absolute atomic E-state index is 0.271. The molecule has 8 nitrogen and oxygen atoms in total. The predicted octanol–water partition coefficient (Wildman–Crippen LogP) is 7.90. The minimum Gasteiger partial charge on any atom is -0.496 e. The van der Waals surface area contributed by atoms with Crippen molar-refractivity contribution < 1.29 is 24.2 Å². The molecule has 2 heterocycles. The lowest BCUT2D eigenvalue weighted by Crippen LogP contribution is -2.19. The van der Waals surface area contributed by atoms with Gasteiger partial charge in [-0.3, -0.25) is 14.9 Å². The molecule has 2 aromatic carbocycles. The summed E-state index contributed by atoms with van der Waals surface area (Å²) in [4.78, 5) is 31.4. The molecule has 1 amide bonds. The maximum Gasteiger partial charge on any atom is 0.323 e. The van der Waals surface area contributed by atoms with Gasteiger partial charge in [-0.05, 0) is 61.9 Å². The molecule has 0 radical (unpaired) electrons. The van der Waals surface area contributed by atoms with E-state index in [9.17, 15) is 14.7 Å². The van der Waals surface area contributed by atoms with Crippen LogP contribution in [0.3, 0.4) is 0 Å². The van der Waals surface area contributed by atoms with Crippen LogP contribution < -0.4 is 14.8 Å². The number of aromatic nitrogens is 2. The van der Waals surface area contributed by atoms with E-state index < -0.39 is 11.9 Å². The number of nitrogens with one attached hydrogen (secondary N) is 1. The standard InChI is InChI=1S/C32H36ClN3O5S/c1-18-10-12-24-21(19(18)2)14-25(36(24)17-29(37)38)31(39)35-32-34-30(22-15-27(41-4)23(33)16-26(22)40-3)28(42-32)13-11-20-8-6-5-7-9-20/h10,12,14-16,20H,5-9,11,13,17H2,1-4H3,(H,37,38)(H,34,35,39). The van der Waals surface area contributed by atoms with Crippen LogP contribution in [0.5, 0.6) is 11.5 Å². The van der Waals surface area contributed by atoms with Crippen molar-refractivity contribution in [1.29, 1.82) is 0 Å². The Labute approximate surface area is 254 Å². The Morgan fingerprint density at radius 3 is 2.52 bits per heavy atom. The third-order valence-electron chi connectivity index (χ3n) is 8.30. The van der Waals surface area contributed by atoms with Crippen molar-refractivity contribution in [2.24, 2.45) is 5.92 Å². The molecule has 5 rings (SSSR count). The third kappa shape index (κ3) is 6.13. The van der Waals surface area contributed by atoms with Gasteiger partial charge in [-0.15, -0.1) is 11.3 Å². The number of amides is 1. The zero-order valence-corrected chi connectivity index (χ0v) is 26.0. The molecule has 1 aliphatic rings. The van der Waals surface area contributed by atoms with Gasteiger partial charge in [0.25, 0.3) is 5.91 Å². The van der Waals surface area contributed by atoms with E-state index in [0.717, 1.165) is 45.5 Å². The van der Waals surface area contributed by atoms with E-state index in [2.05, 4.69) is 5.32 Å². The second kappa shape index (κ2) is 12.8. The Morgan fingerprint density at radius 1 is 1.10 bits per heavy atom. The van der Waals surface area contributed by atoms with Gasteiger partial charge in [0.15, 0.2) is 5.13 Å². The molecule has 0 bridgehead atoms. The highest BCUT2D eigenvalue weighted by Crippen LogP contribution is 2.43. The first kappa shape index (κ1) is 29.9. The minimum atomic E-state index is -1.02. The first-order valence-corrected chi connectivity index (χ1v) is 15.4.